The van der Waals surface area contributed by atoms with Crippen LogP contribution in [0.4, 0.5) is 0 Å². The molecule has 0 amide bonds. The van der Waals surface area contributed by atoms with Crippen LogP contribution in [-0.4, -0.2) is 26.2 Å². The average Bonchev–Trinajstić information content (AvgIpc) is 2.78. The second kappa shape index (κ2) is 10.7. The number of carbonyl (C=O) groups is 1. The summed E-state index contributed by atoms with van der Waals surface area (Å²) >= 11 is 0. The van der Waals surface area contributed by atoms with E-state index in [0.29, 0.717) is 16.9 Å². The molecule has 3 rings (SSSR count). The van der Waals surface area contributed by atoms with Crippen molar-refractivity contribution in [2.24, 2.45) is 5.41 Å². The molecule has 0 aromatic heterocycles. The summed E-state index contributed by atoms with van der Waals surface area (Å²) in [6.45, 7) is 10.4. The molecule has 0 radical (unpaired) electrons. The Bertz CT molecular complexity index is 1170. The number of allylic oxidation sites excluding steroid dienone is 2. The average molecular weight is 481 g/mol. The highest BCUT2D eigenvalue weighted by Crippen LogP contribution is 2.46. The number of hydrogen-bond acceptors (Lipinski definition) is 4. The first kappa shape index (κ1) is 26.0. The molecule has 0 bridgehead atoms. The molecule has 0 saturated heterocycles. The van der Waals surface area contributed by atoms with Gasteiger partial charge in [0.2, 0.25) is 0 Å². The maximum Gasteiger partial charge on any atom is 0.338 e. The minimum absolute atomic E-state index is 0.109. The molecule has 182 valence electrons. The SMILES string of the molecule is CC(=CCOC(=O)c1ccccc1)CC(C1=C(C)CCCC1(C)C)S(=O)(=O)c1ccc(C)cc1. The molecular formula is C29H36O4S. The Morgan fingerprint density at radius 2 is 1.71 bits per heavy atom. The van der Waals surface area contributed by atoms with E-state index in [-0.39, 0.29) is 18.0 Å². The molecule has 1 atom stereocenters. The summed E-state index contributed by atoms with van der Waals surface area (Å²) in [6.07, 6.45) is 5.16. The van der Waals surface area contributed by atoms with Crippen LogP contribution in [-0.2, 0) is 14.6 Å². The third-order valence-corrected chi connectivity index (χ3v) is 8.83. The van der Waals surface area contributed by atoms with Gasteiger partial charge in [0.15, 0.2) is 9.84 Å². The highest BCUT2D eigenvalue weighted by molar-refractivity contribution is 7.92. The fourth-order valence-electron chi connectivity index (χ4n) is 4.91. The quantitative estimate of drug-likeness (QED) is 0.306. The fourth-order valence-corrected chi connectivity index (χ4v) is 7.06. The Balaban J connectivity index is 1.89. The normalized spacial score (nSPS) is 17.4. The molecule has 0 aliphatic heterocycles. The summed E-state index contributed by atoms with van der Waals surface area (Å²) in [5, 5.41) is -0.647. The summed E-state index contributed by atoms with van der Waals surface area (Å²) in [5.74, 6) is -0.388. The van der Waals surface area contributed by atoms with Crippen molar-refractivity contribution in [3.05, 3.63) is 88.5 Å². The molecule has 4 nitrogen and oxygen atoms in total. The van der Waals surface area contributed by atoms with Crippen molar-refractivity contribution >= 4 is 15.8 Å². The molecule has 0 fully saturated rings. The van der Waals surface area contributed by atoms with Crippen molar-refractivity contribution in [1.29, 1.82) is 0 Å². The molecule has 0 heterocycles. The number of hydrogen-bond donors (Lipinski definition) is 0. The lowest BCUT2D eigenvalue weighted by molar-refractivity contribution is 0.0549. The van der Waals surface area contributed by atoms with Gasteiger partial charge < -0.3 is 4.74 Å². The lowest BCUT2D eigenvalue weighted by atomic mass is 9.71. The van der Waals surface area contributed by atoms with Crippen LogP contribution < -0.4 is 0 Å². The van der Waals surface area contributed by atoms with Crippen molar-refractivity contribution in [3.63, 3.8) is 0 Å². The van der Waals surface area contributed by atoms with Gasteiger partial charge in [0.1, 0.15) is 6.61 Å². The summed E-state index contributed by atoms with van der Waals surface area (Å²) in [5.41, 5.74) is 4.44. The Hall–Kier alpha value is -2.66. The van der Waals surface area contributed by atoms with Gasteiger partial charge in [0, 0.05) is 0 Å². The Morgan fingerprint density at radius 1 is 1.06 bits per heavy atom. The number of aryl methyl sites for hydroxylation is 1. The van der Waals surface area contributed by atoms with Gasteiger partial charge in [-0.05, 0) is 87.8 Å². The predicted octanol–water partition coefficient (Wildman–Crippen LogP) is 6.86. The van der Waals surface area contributed by atoms with Crippen molar-refractivity contribution in [1.82, 2.24) is 0 Å². The minimum Gasteiger partial charge on any atom is -0.458 e. The van der Waals surface area contributed by atoms with E-state index in [1.807, 2.05) is 38.1 Å². The Morgan fingerprint density at radius 3 is 2.32 bits per heavy atom. The van der Waals surface area contributed by atoms with Crippen molar-refractivity contribution in [3.8, 4) is 0 Å². The first-order valence-electron chi connectivity index (χ1n) is 11.9. The summed E-state index contributed by atoms with van der Waals surface area (Å²) in [7, 11) is -3.61. The lowest BCUT2D eigenvalue weighted by Gasteiger charge is -2.39. The minimum atomic E-state index is -3.61. The van der Waals surface area contributed by atoms with Crippen LogP contribution >= 0.6 is 0 Å². The number of ether oxygens (including phenoxy) is 1. The Kier molecular flexibility index (Phi) is 8.19. The Labute approximate surface area is 204 Å². The topological polar surface area (TPSA) is 60.4 Å². The van der Waals surface area contributed by atoms with Gasteiger partial charge in [-0.15, -0.1) is 0 Å². The van der Waals surface area contributed by atoms with Crippen LogP contribution in [0.15, 0.2) is 82.3 Å². The summed E-state index contributed by atoms with van der Waals surface area (Å²) in [4.78, 5) is 12.6. The van der Waals surface area contributed by atoms with Gasteiger partial charge in [-0.3, -0.25) is 0 Å². The first-order valence-corrected chi connectivity index (χ1v) is 13.5. The molecule has 0 N–H and O–H groups in total. The molecule has 2 aromatic carbocycles. The summed E-state index contributed by atoms with van der Waals surface area (Å²) in [6, 6.07) is 16.0. The zero-order valence-corrected chi connectivity index (χ0v) is 21.7. The third-order valence-electron chi connectivity index (χ3n) is 6.75. The first-order chi connectivity index (χ1) is 16.0. The van der Waals surface area contributed by atoms with E-state index < -0.39 is 15.1 Å². The highest BCUT2D eigenvalue weighted by Gasteiger charge is 2.40. The van der Waals surface area contributed by atoms with Gasteiger partial charge in [0.05, 0.1) is 15.7 Å². The van der Waals surface area contributed by atoms with Crippen LogP contribution in [0.1, 0.15) is 69.3 Å². The maximum absolute atomic E-state index is 13.9. The molecular weight excluding hydrogens is 444 g/mol. The van der Waals surface area contributed by atoms with Crippen LogP contribution in [0.3, 0.4) is 0 Å². The molecule has 5 heteroatoms. The number of sulfone groups is 1. The fraction of sp³-hybridized carbons (Fsp3) is 0.414. The van der Waals surface area contributed by atoms with E-state index in [0.717, 1.165) is 36.0 Å². The molecule has 0 spiro atoms. The van der Waals surface area contributed by atoms with Crippen molar-refractivity contribution in [2.75, 3.05) is 6.61 Å². The van der Waals surface area contributed by atoms with Gasteiger partial charge in [-0.2, -0.15) is 0 Å². The summed E-state index contributed by atoms with van der Waals surface area (Å²) < 4.78 is 33.3. The standard InChI is InChI=1S/C29H36O4S/c1-21-13-15-25(16-14-21)34(31,32)26(27-23(3)10-9-18-29(27,4)5)20-22(2)17-19-33-28(30)24-11-7-6-8-12-24/h6-8,11-17,26H,9-10,18-20H2,1-5H3. The molecule has 2 aromatic rings. The van der Waals surface area contributed by atoms with E-state index in [2.05, 4.69) is 20.8 Å². The van der Waals surface area contributed by atoms with Gasteiger partial charge in [-0.25, -0.2) is 13.2 Å². The van der Waals surface area contributed by atoms with Crippen LogP contribution in [0.2, 0.25) is 0 Å². The number of benzene rings is 2. The molecule has 1 aliphatic rings. The van der Waals surface area contributed by atoms with Crippen LogP contribution in [0.5, 0.6) is 0 Å². The predicted molar refractivity (Wildman–Crippen MR) is 138 cm³/mol. The van der Waals surface area contributed by atoms with Crippen molar-refractivity contribution in [2.45, 2.75) is 70.4 Å². The highest BCUT2D eigenvalue weighted by atomic mass is 32.2. The largest absolute Gasteiger partial charge is 0.458 e. The lowest BCUT2D eigenvalue weighted by Crippen LogP contribution is -2.35. The van der Waals surface area contributed by atoms with Crippen LogP contribution in [0.25, 0.3) is 0 Å². The monoisotopic (exact) mass is 480 g/mol. The van der Waals surface area contributed by atoms with E-state index in [1.165, 1.54) is 5.57 Å². The molecule has 1 unspecified atom stereocenters. The molecule has 1 aliphatic carbocycles. The smallest absolute Gasteiger partial charge is 0.338 e. The number of carbonyl (C=O) groups excluding carboxylic acids is 1. The molecule has 34 heavy (non-hydrogen) atoms. The van der Waals surface area contributed by atoms with Crippen molar-refractivity contribution < 1.29 is 17.9 Å². The zero-order valence-electron chi connectivity index (χ0n) is 20.9. The van der Waals surface area contributed by atoms with E-state index >= 15 is 0 Å². The van der Waals surface area contributed by atoms with Gasteiger partial charge in [-0.1, -0.05) is 60.9 Å². The molecule has 0 saturated carbocycles. The van der Waals surface area contributed by atoms with E-state index in [9.17, 15) is 13.2 Å². The third kappa shape index (κ3) is 6.06. The second-order valence-corrected chi connectivity index (χ2v) is 12.1. The van der Waals surface area contributed by atoms with Gasteiger partial charge in [0.25, 0.3) is 0 Å². The second-order valence-electron chi connectivity index (χ2n) is 10.00. The maximum atomic E-state index is 13.9. The number of rotatable bonds is 8. The number of esters is 1. The van der Waals surface area contributed by atoms with Crippen LogP contribution in [0, 0.1) is 12.3 Å². The van der Waals surface area contributed by atoms with Gasteiger partial charge >= 0.3 is 5.97 Å². The zero-order chi connectivity index (χ0) is 24.9. The van der Waals surface area contributed by atoms with E-state index in [4.69, 9.17) is 4.74 Å². The van der Waals surface area contributed by atoms with E-state index in [1.54, 1.807) is 36.4 Å².